The highest BCUT2D eigenvalue weighted by Gasteiger charge is 2.18. The van der Waals surface area contributed by atoms with E-state index in [2.05, 4.69) is 5.32 Å². The maximum atomic E-state index is 12.7. The molecule has 0 saturated carbocycles. The van der Waals surface area contributed by atoms with Gasteiger partial charge in [-0.15, -0.1) is 0 Å². The molecule has 3 aromatic rings. The molecule has 0 heterocycles. The number of carbonyl (C=O) groups is 2. The number of carboxylic acids is 1. The third-order valence-electron chi connectivity index (χ3n) is 4.20. The van der Waals surface area contributed by atoms with Crippen LogP contribution in [-0.2, 0) is 4.33 Å². The average Bonchev–Trinajstić information content (AvgIpc) is 2.79. The van der Waals surface area contributed by atoms with Crippen LogP contribution in [0.5, 0.6) is 17.2 Å². The van der Waals surface area contributed by atoms with Crippen LogP contribution in [0.4, 0.5) is 5.69 Å². The Labute approximate surface area is 189 Å². The van der Waals surface area contributed by atoms with Gasteiger partial charge in [0.05, 0.1) is 17.7 Å². The molecule has 0 atom stereocenters. The molecule has 0 aromatic heterocycles. The van der Waals surface area contributed by atoms with E-state index in [-0.39, 0.29) is 16.9 Å². The van der Waals surface area contributed by atoms with Gasteiger partial charge in [0.25, 0.3) is 18.2 Å². The molecule has 3 rings (SSSR count). The highest BCUT2D eigenvalue weighted by atomic mass is 32.2. The van der Waals surface area contributed by atoms with Crippen LogP contribution < -0.4 is 19.1 Å². The van der Waals surface area contributed by atoms with Crippen molar-refractivity contribution in [2.45, 2.75) is 13.8 Å². The molecular formula is C23H21NO7S. The van der Waals surface area contributed by atoms with Gasteiger partial charge in [0.1, 0.15) is 11.5 Å². The van der Waals surface area contributed by atoms with Crippen molar-refractivity contribution in [1.82, 2.24) is 0 Å². The first kappa shape index (κ1) is 23.0. The highest BCUT2D eigenvalue weighted by Crippen LogP contribution is 2.24. The minimum atomic E-state index is -1.24. The van der Waals surface area contributed by atoms with Crippen LogP contribution in [0.2, 0.25) is 0 Å². The summed E-state index contributed by atoms with van der Waals surface area (Å²) in [5.41, 5.74) is 1.34. The van der Waals surface area contributed by atoms with E-state index in [1.54, 1.807) is 36.4 Å². The van der Waals surface area contributed by atoms with Gasteiger partial charge in [0.2, 0.25) is 0 Å². The summed E-state index contributed by atoms with van der Waals surface area (Å²) in [4.78, 5) is 29.4. The van der Waals surface area contributed by atoms with Crippen LogP contribution in [0.3, 0.4) is 0 Å². The number of amides is 1. The minimum absolute atomic E-state index is 0.0658. The van der Waals surface area contributed by atoms with Gasteiger partial charge in [-0.05, 0) is 68.4 Å². The zero-order chi connectivity index (χ0) is 22.9. The molecule has 0 unspecified atom stereocenters. The first-order valence-electron chi connectivity index (χ1n) is 9.62. The summed E-state index contributed by atoms with van der Waals surface area (Å²) in [5, 5.41) is 12.1. The van der Waals surface area contributed by atoms with Crippen molar-refractivity contribution in [2.75, 3.05) is 11.9 Å². The van der Waals surface area contributed by atoms with E-state index in [0.717, 1.165) is 5.56 Å². The number of hydrogen-bond acceptors (Lipinski definition) is 7. The number of rotatable bonds is 10. The highest BCUT2D eigenvalue weighted by molar-refractivity contribution is 7.90. The number of benzene rings is 3. The van der Waals surface area contributed by atoms with E-state index in [1.807, 2.05) is 26.0 Å². The fourth-order valence-electron chi connectivity index (χ4n) is 2.65. The fourth-order valence-corrected chi connectivity index (χ4v) is 2.97. The van der Waals surface area contributed by atoms with Crippen LogP contribution in [0.25, 0.3) is 0 Å². The van der Waals surface area contributed by atoms with Crippen molar-refractivity contribution in [1.29, 1.82) is 0 Å². The predicted molar refractivity (Wildman–Crippen MR) is 120 cm³/mol. The predicted octanol–water partition coefficient (Wildman–Crippen LogP) is 5.30. The minimum Gasteiger partial charge on any atom is -0.494 e. The Balaban J connectivity index is 1.64. The number of aryl methyl sites for hydroxylation is 1. The normalized spacial score (nSPS) is 10.3. The smallest absolute Gasteiger partial charge is 0.336 e. The Morgan fingerprint density at radius 1 is 0.906 bits per heavy atom. The molecule has 0 aliphatic carbocycles. The molecule has 9 heteroatoms. The third-order valence-corrected chi connectivity index (χ3v) is 4.58. The fraction of sp³-hybridized carbons (Fsp3) is 0.130. The SMILES string of the molecule is CCOc1ccc(NC(=O)c2cc(OSOOc3ccc(C)cc3)ccc2C(=O)O)cc1. The maximum Gasteiger partial charge on any atom is 0.336 e. The van der Waals surface area contributed by atoms with Gasteiger partial charge in [0, 0.05) is 5.69 Å². The van der Waals surface area contributed by atoms with Crippen LogP contribution in [0.1, 0.15) is 33.2 Å². The summed E-state index contributed by atoms with van der Waals surface area (Å²) in [5.74, 6) is -0.469. The number of hydrogen-bond donors (Lipinski definition) is 2. The largest absolute Gasteiger partial charge is 0.494 e. The second kappa shape index (κ2) is 11.1. The van der Waals surface area contributed by atoms with Gasteiger partial charge in [-0.25, -0.2) is 4.79 Å². The summed E-state index contributed by atoms with van der Waals surface area (Å²) in [7, 11) is 0. The topological polar surface area (TPSA) is 103 Å². The number of carboxylic acid groups (broad SMARTS) is 1. The molecule has 0 bridgehead atoms. The lowest BCUT2D eigenvalue weighted by Gasteiger charge is -2.11. The van der Waals surface area contributed by atoms with E-state index in [9.17, 15) is 14.7 Å². The summed E-state index contributed by atoms with van der Waals surface area (Å²) in [6, 6.07) is 18.0. The van der Waals surface area contributed by atoms with Gasteiger partial charge in [-0.3, -0.25) is 4.79 Å². The van der Waals surface area contributed by atoms with Crippen LogP contribution in [0, 0.1) is 6.92 Å². The van der Waals surface area contributed by atoms with E-state index < -0.39 is 11.9 Å². The van der Waals surface area contributed by atoms with Crippen molar-refractivity contribution >= 4 is 29.9 Å². The van der Waals surface area contributed by atoms with Gasteiger partial charge in [-0.1, -0.05) is 22.0 Å². The van der Waals surface area contributed by atoms with E-state index in [4.69, 9.17) is 18.1 Å². The first-order chi connectivity index (χ1) is 15.5. The van der Waals surface area contributed by atoms with Gasteiger partial charge in [-0.2, -0.15) is 0 Å². The molecule has 0 fully saturated rings. The number of nitrogens with one attached hydrogen (secondary N) is 1. The Morgan fingerprint density at radius 2 is 1.56 bits per heavy atom. The van der Waals surface area contributed by atoms with E-state index in [0.29, 0.717) is 36.1 Å². The first-order valence-corrected chi connectivity index (χ1v) is 10.3. The van der Waals surface area contributed by atoms with Crippen molar-refractivity contribution in [3.05, 3.63) is 83.4 Å². The van der Waals surface area contributed by atoms with Crippen molar-refractivity contribution in [2.24, 2.45) is 0 Å². The standard InChI is InChI=1S/C23H21NO7S/c1-3-28-17-10-6-16(7-11-17)24-22(25)21-14-19(12-13-20(21)23(26)27)30-32-31-29-18-8-4-15(2)5-9-18/h4-14H,3H2,1-2H3,(H,24,25)(H,26,27). The quantitative estimate of drug-likeness (QED) is 0.184. The number of aromatic carboxylic acids is 1. The number of anilines is 1. The zero-order valence-electron chi connectivity index (χ0n) is 17.4. The maximum absolute atomic E-state index is 12.7. The van der Waals surface area contributed by atoms with Crippen LogP contribution in [-0.4, -0.2) is 23.6 Å². The van der Waals surface area contributed by atoms with E-state index in [1.165, 1.54) is 18.2 Å². The molecule has 2 N–H and O–H groups in total. The number of carbonyl (C=O) groups excluding carboxylic acids is 1. The molecule has 0 radical (unpaired) electrons. The second-order valence-electron chi connectivity index (χ2n) is 6.54. The summed E-state index contributed by atoms with van der Waals surface area (Å²) < 4.78 is 15.6. The van der Waals surface area contributed by atoms with Gasteiger partial charge >= 0.3 is 5.97 Å². The van der Waals surface area contributed by atoms with Crippen molar-refractivity contribution in [3.63, 3.8) is 0 Å². The molecule has 166 valence electrons. The van der Waals surface area contributed by atoms with Gasteiger partial charge < -0.3 is 24.2 Å². The molecule has 0 aliphatic heterocycles. The molecule has 1 amide bonds. The summed E-state index contributed by atoms with van der Waals surface area (Å²) in [6.45, 7) is 4.35. The summed E-state index contributed by atoms with van der Waals surface area (Å²) in [6.07, 6.45) is 0. The second-order valence-corrected chi connectivity index (χ2v) is 6.98. The Kier molecular flexibility index (Phi) is 7.96. The Hall–Kier alpha value is -3.69. The van der Waals surface area contributed by atoms with E-state index >= 15 is 0 Å². The van der Waals surface area contributed by atoms with Crippen molar-refractivity contribution in [3.8, 4) is 17.2 Å². The van der Waals surface area contributed by atoms with Crippen molar-refractivity contribution < 1.29 is 32.8 Å². The molecule has 32 heavy (non-hydrogen) atoms. The Morgan fingerprint density at radius 3 is 2.22 bits per heavy atom. The van der Waals surface area contributed by atoms with Crippen LogP contribution in [0.15, 0.2) is 66.7 Å². The molecular weight excluding hydrogens is 434 g/mol. The number of ether oxygens (including phenoxy) is 1. The molecule has 3 aromatic carbocycles. The lowest BCUT2D eigenvalue weighted by Crippen LogP contribution is -2.16. The third kappa shape index (κ3) is 6.40. The lowest BCUT2D eigenvalue weighted by atomic mass is 10.1. The molecule has 0 saturated heterocycles. The monoisotopic (exact) mass is 455 g/mol. The molecule has 0 spiro atoms. The lowest BCUT2D eigenvalue weighted by molar-refractivity contribution is -0.0833. The summed E-state index contributed by atoms with van der Waals surface area (Å²) >= 11 is 0.535. The zero-order valence-corrected chi connectivity index (χ0v) is 18.2. The Bertz CT molecular complexity index is 1070. The van der Waals surface area contributed by atoms with Crippen LogP contribution >= 0.6 is 12.3 Å². The molecule has 0 aliphatic rings. The average molecular weight is 455 g/mol. The van der Waals surface area contributed by atoms with Gasteiger partial charge in [0.15, 0.2) is 5.75 Å². The molecule has 8 nitrogen and oxygen atoms in total.